The van der Waals surface area contributed by atoms with Gasteiger partial charge in [0.15, 0.2) is 0 Å². The molecule has 0 saturated carbocycles. The first-order chi connectivity index (χ1) is 7.09. The van der Waals surface area contributed by atoms with Crippen molar-refractivity contribution in [1.29, 1.82) is 0 Å². The lowest BCUT2D eigenvalue weighted by molar-refractivity contribution is -0.00988. The molecule has 1 aromatic rings. The van der Waals surface area contributed by atoms with Crippen LogP contribution in [0.3, 0.4) is 0 Å². The summed E-state index contributed by atoms with van der Waals surface area (Å²) in [6.45, 7) is 5.90. The molecule has 86 valence electrons. The van der Waals surface area contributed by atoms with E-state index in [0.717, 1.165) is 23.3 Å². The van der Waals surface area contributed by atoms with Crippen LogP contribution in [-0.4, -0.2) is 0 Å². The predicted octanol–water partition coefficient (Wildman–Crippen LogP) is 4.90. The largest absolute Gasteiger partial charge is 0.282 e. The lowest BCUT2D eigenvalue weighted by atomic mass is 10.1. The molecule has 1 heterocycles. The fraction of sp³-hybridized carbons (Fsp3) is 0.667. The Balaban J connectivity index is 0.000000531. The lowest BCUT2D eigenvalue weighted by Crippen LogP contribution is -2.10. The normalized spacial score (nSPS) is 18.5. The molecule has 1 aromatic heterocycles. The van der Waals surface area contributed by atoms with Gasteiger partial charge in [0.05, 0.1) is 4.88 Å². The van der Waals surface area contributed by atoms with Gasteiger partial charge in [-0.05, 0) is 37.8 Å². The zero-order valence-electron chi connectivity index (χ0n) is 9.57. The van der Waals surface area contributed by atoms with E-state index < -0.39 is 5.92 Å². The molecule has 0 unspecified atom stereocenters. The number of aryl methyl sites for hydroxylation is 2. The second kappa shape index (κ2) is 5.06. The van der Waals surface area contributed by atoms with E-state index >= 15 is 0 Å². The van der Waals surface area contributed by atoms with Crippen LogP contribution in [0.15, 0.2) is 6.07 Å². The van der Waals surface area contributed by atoms with E-state index in [1.165, 1.54) is 11.3 Å². The third kappa shape index (κ3) is 2.77. The Kier molecular flexibility index (Phi) is 4.26. The Labute approximate surface area is 94.3 Å². The summed E-state index contributed by atoms with van der Waals surface area (Å²) in [5.41, 5.74) is 0.880. The van der Waals surface area contributed by atoms with Crippen molar-refractivity contribution in [1.82, 2.24) is 0 Å². The Hall–Kier alpha value is -0.440. The number of rotatable bonds is 0. The van der Waals surface area contributed by atoms with E-state index in [4.69, 9.17) is 0 Å². The van der Waals surface area contributed by atoms with Crippen molar-refractivity contribution in [3.05, 3.63) is 21.4 Å². The topological polar surface area (TPSA) is 0 Å². The molecular formula is C12H18F2S. The minimum atomic E-state index is -2.56. The van der Waals surface area contributed by atoms with Crippen LogP contribution < -0.4 is 0 Å². The summed E-state index contributed by atoms with van der Waals surface area (Å²) in [6.07, 6.45) is 2.40. The Bertz CT molecular complexity index is 315. The fourth-order valence-corrected chi connectivity index (χ4v) is 2.90. The Morgan fingerprint density at radius 1 is 1.27 bits per heavy atom. The average Bonchev–Trinajstić information content (AvgIpc) is 2.53. The smallest absolute Gasteiger partial charge is 0.200 e. The molecule has 0 amide bonds. The molecule has 1 aliphatic carbocycles. The fourth-order valence-electron chi connectivity index (χ4n) is 1.84. The molecule has 2 rings (SSSR count). The molecule has 0 aromatic carbocycles. The molecule has 0 nitrogen and oxygen atoms in total. The zero-order valence-corrected chi connectivity index (χ0v) is 10.4. The summed E-state index contributed by atoms with van der Waals surface area (Å²) in [6, 6.07) is 1.92. The number of halogens is 2. The maximum absolute atomic E-state index is 13.5. The molecule has 15 heavy (non-hydrogen) atoms. The number of hydrogen-bond acceptors (Lipinski definition) is 1. The third-order valence-corrected chi connectivity index (χ3v) is 3.66. The average molecular weight is 232 g/mol. The highest BCUT2D eigenvalue weighted by Gasteiger charge is 2.36. The molecular weight excluding hydrogens is 214 g/mol. The standard InChI is InChI=1S/C10H12F2S.C2H6/c1-7-6-8-4-2-3-5-10(11,12)9(8)13-7;1-2/h6H,2-5H2,1H3;1-2H3. The van der Waals surface area contributed by atoms with Gasteiger partial charge in [-0.1, -0.05) is 13.8 Å². The summed E-state index contributed by atoms with van der Waals surface area (Å²) >= 11 is 1.26. The SMILES string of the molecule is CC.Cc1cc2c(s1)C(F)(F)CCCC2. The summed E-state index contributed by atoms with van der Waals surface area (Å²) in [5.74, 6) is -2.56. The van der Waals surface area contributed by atoms with Gasteiger partial charge < -0.3 is 0 Å². The van der Waals surface area contributed by atoms with Gasteiger partial charge in [0, 0.05) is 11.3 Å². The van der Waals surface area contributed by atoms with Crippen molar-refractivity contribution in [2.24, 2.45) is 0 Å². The zero-order chi connectivity index (χ0) is 11.5. The van der Waals surface area contributed by atoms with Gasteiger partial charge in [0.1, 0.15) is 0 Å². The number of alkyl halides is 2. The third-order valence-electron chi connectivity index (χ3n) is 2.45. The van der Waals surface area contributed by atoms with E-state index in [-0.39, 0.29) is 6.42 Å². The van der Waals surface area contributed by atoms with E-state index in [2.05, 4.69) is 0 Å². The molecule has 0 aliphatic heterocycles. The van der Waals surface area contributed by atoms with Crippen LogP contribution in [0.2, 0.25) is 0 Å². The summed E-state index contributed by atoms with van der Waals surface area (Å²) < 4.78 is 27.0. The first kappa shape index (κ1) is 12.6. The van der Waals surface area contributed by atoms with Crippen molar-refractivity contribution in [3.8, 4) is 0 Å². The van der Waals surface area contributed by atoms with Crippen molar-refractivity contribution >= 4 is 11.3 Å². The molecule has 0 atom stereocenters. The van der Waals surface area contributed by atoms with Gasteiger partial charge in [0.25, 0.3) is 5.92 Å². The van der Waals surface area contributed by atoms with Crippen molar-refractivity contribution in [3.63, 3.8) is 0 Å². The predicted molar refractivity (Wildman–Crippen MR) is 61.9 cm³/mol. The number of thiophene rings is 1. The second-order valence-electron chi connectivity index (χ2n) is 3.62. The van der Waals surface area contributed by atoms with Gasteiger partial charge in [-0.15, -0.1) is 11.3 Å². The van der Waals surface area contributed by atoms with Crippen molar-refractivity contribution in [2.75, 3.05) is 0 Å². The highest BCUT2D eigenvalue weighted by atomic mass is 32.1. The van der Waals surface area contributed by atoms with Gasteiger partial charge in [-0.2, -0.15) is 0 Å². The molecule has 3 heteroatoms. The van der Waals surface area contributed by atoms with Crippen molar-refractivity contribution in [2.45, 2.75) is 52.4 Å². The first-order valence-electron chi connectivity index (χ1n) is 5.57. The summed E-state index contributed by atoms with van der Waals surface area (Å²) in [4.78, 5) is 1.33. The van der Waals surface area contributed by atoms with Crippen LogP contribution in [-0.2, 0) is 12.3 Å². The van der Waals surface area contributed by atoms with Crippen LogP contribution in [0, 0.1) is 6.92 Å². The van der Waals surface area contributed by atoms with E-state index in [9.17, 15) is 8.78 Å². The van der Waals surface area contributed by atoms with Crippen LogP contribution in [0.4, 0.5) is 8.78 Å². The van der Waals surface area contributed by atoms with E-state index in [1.54, 1.807) is 0 Å². The van der Waals surface area contributed by atoms with E-state index in [1.807, 2.05) is 26.8 Å². The van der Waals surface area contributed by atoms with Gasteiger partial charge >= 0.3 is 0 Å². The van der Waals surface area contributed by atoms with Crippen molar-refractivity contribution < 1.29 is 8.78 Å². The maximum Gasteiger partial charge on any atom is 0.282 e. The molecule has 0 saturated heterocycles. The van der Waals surface area contributed by atoms with E-state index in [0.29, 0.717) is 11.3 Å². The summed E-state index contributed by atoms with van der Waals surface area (Å²) in [7, 11) is 0. The van der Waals surface area contributed by atoms with Crippen LogP contribution in [0.1, 0.15) is 48.4 Å². The highest BCUT2D eigenvalue weighted by molar-refractivity contribution is 7.12. The monoisotopic (exact) mass is 232 g/mol. The molecule has 0 radical (unpaired) electrons. The number of fused-ring (bicyclic) bond motifs is 1. The number of hydrogen-bond donors (Lipinski definition) is 0. The molecule has 0 N–H and O–H groups in total. The highest BCUT2D eigenvalue weighted by Crippen LogP contribution is 2.43. The van der Waals surface area contributed by atoms with Crippen LogP contribution in [0.25, 0.3) is 0 Å². The molecule has 0 fully saturated rings. The van der Waals surface area contributed by atoms with Crippen LogP contribution in [0.5, 0.6) is 0 Å². The van der Waals surface area contributed by atoms with Gasteiger partial charge in [-0.3, -0.25) is 0 Å². The Morgan fingerprint density at radius 2 is 1.93 bits per heavy atom. The molecule has 1 aliphatic rings. The van der Waals surface area contributed by atoms with Gasteiger partial charge in [0.2, 0.25) is 0 Å². The Morgan fingerprint density at radius 3 is 2.60 bits per heavy atom. The van der Waals surface area contributed by atoms with Gasteiger partial charge in [-0.25, -0.2) is 8.78 Å². The first-order valence-corrected chi connectivity index (χ1v) is 6.39. The quantitative estimate of drug-likeness (QED) is 0.558. The lowest BCUT2D eigenvalue weighted by Gasteiger charge is -2.12. The minimum Gasteiger partial charge on any atom is -0.200 e. The van der Waals surface area contributed by atoms with Crippen LogP contribution >= 0.6 is 11.3 Å². The minimum absolute atomic E-state index is 0.0277. The maximum atomic E-state index is 13.5. The summed E-state index contributed by atoms with van der Waals surface area (Å²) in [5, 5.41) is 0. The molecule has 0 spiro atoms. The molecule has 0 bridgehead atoms. The second-order valence-corrected chi connectivity index (χ2v) is 4.88.